The lowest BCUT2D eigenvalue weighted by Gasteiger charge is -2.24. The fraction of sp³-hybridized carbons (Fsp3) is 0.0769. The summed E-state index contributed by atoms with van der Waals surface area (Å²) in [6, 6.07) is 49.3. The highest BCUT2D eigenvalue weighted by Crippen LogP contribution is 2.53. The van der Waals surface area contributed by atoms with Crippen molar-refractivity contribution in [2.24, 2.45) is 0 Å². The first-order valence-electron chi connectivity index (χ1n) is 13.8. The first-order valence-corrected chi connectivity index (χ1v) is 13.8. The second kappa shape index (κ2) is 8.16. The normalized spacial score (nSPS) is 13.6. The Morgan fingerprint density at radius 3 is 1.56 bits per heavy atom. The number of hydrogen-bond donors (Lipinski definition) is 0. The number of hydrogen-bond acceptors (Lipinski definition) is 0. The molecule has 0 saturated heterocycles. The molecule has 184 valence electrons. The monoisotopic (exact) mass is 496 g/mol. The SMILES string of the molecule is CC1(C)c2cc(-c3c4ccccc4c(-c4ccccc4)c4ccccc34)ccc2-c2ccc3ccccc3c21. The van der Waals surface area contributed by atoms with Gasteiger partial charge in [0.2, 0.25) is 0 Å². The van der Waals surface area contributed by atoms with Gasteiger partial charge in [0.05, 0.1) is 0 Å². The summed E-state index contributed by atoms with van der Waals surface area (Å²) in [5, 5.41) is 7.87. The van der Waals surface area contributed by atoms with Crippen LogP contribution in [0.1, 0.15) is 25.0 Å². The summed E-state index contributed by atoms with van der Waals surface area (Å²) in [4.78, 5) is 0. The van der Waals surface area contributed by atoms with E-state index < -0.39 is 0 Å². The lowest BCUT2D eigenvalue weighted by Crippen LogP contribution is -2.15. The summed E-state index contributed by atoms with van der Waals surface area (Å²) in [6.07, 6.45) is 0. The molecule has 0 aliphatic heterocycles. The molecular formula is C39H28. The minimum absolute atomic E-state index is 0.0862. The Balaban J connectivity index is 1.43. The Morgan fingerprint density at radius 2 is 0.923 bits per heavy atom. The molecule has 0 atom stereocenters. The molecule has 39 heavy (non-hydrogen) atoms. The van der Waals surface area contributed by atoms with Crippen LogP contribution >= 0.6 is 0 Å². The van der Waals surface area contributed by atoms with E-state index in [4.69, 9.17) is 0 Å². The highest BCUT2D eigenvalue weighted by atomic mass is 14.4. The predicted molar refractivity (Wildman–Crippen MR) is 167 cm³/mol. The average Bonchev–Trinajstić information content (AvgIpc) is 3.22. The molecule has 7 aromatic rings. The standard InChI is InChI=1S/C39H28/c1-39(2)35-24-27(21-22-29(35)34-23-20-25-12-6-7-15-28(25)38(34)39)37-32-18-10-8-16-30(32)36(26-13-4-3-5-14-26)31-17-9-11-19-33(31)37/h3-24H,1-2H3. The third kappa shape index (κ3) is 3.12. The van der Waals surface area contributed by atoms with Crippen molar-refractivity contribution in [2.45, 2.75) is 19.3 Å². The molecular weight excluding hydrogens is 468 g/mol. The number of rotatable bonds is 2. The van der Waals surface area contributed by atoms with Crippen LogP contribution in [0.2, 0.25) is 0 Å². The number of benzene rings is 7. The van der Waals surface area contributed by atoms with E-state index in [0.29, 0.717) is 0 Å². The van der Waals surface area contributed by atoms with Gasteiger partial charge in [-0.05, 0) is 82.9 Å². The Morgan fingerprint density at radius 1 is 0.410 bits per heavy atom. The van der Waals surface area contributed by atoms with Crippen LogP contribution in [0.15, 0.2) is 133 Å². The van der Waals surface area contributed by atoms with E-state index >= 15 is 0 Å². The van der Waals surface area contributed by atoms with Gasteiger partial charge >= 0.3 is 0 Å². The average molecular weight is 497 g/mol. The van der Waals surface area contributed by atoms with Gasteiger partial charge in [-0.1, -0.05) is 141 Å². The van der Waals surface area contributed by atoms with Crippen LogP contribution in [0, 0.1) is 0 Å². The maximum absolute atomic E-state index is 2.47. The smallest absolute Gasteiger partial charge is 0.0165 e. The molecule has 8 rings (SSSR count). The van der Waals surface area contributed by atoms with Crippen LogP contribution in [0.25, 0.3) is 65.7 Å². The maximum Gasteiger partial charge on any atom is 0.0165 e. The fourth-order valence-corrected chi connectivity index (χ4v) is 7.11. The summed E-state index contributed by atoms with van der Waals surface area (Å²) in [6.45, 7) is 4.78. The zero-order valence-electron chi connectivity index (χ0n) is 22.2. The van der Waals surface area contributed by atoms with Crippen molar-refractivity contribution in [3.63, 3.8) is 0 Å². The lowest BCUT2D eigenvalue weighted by atomic mass is 9.79. The van der Waals surface area contributed by atoms with Crippen LogP contribution in [0.3, 0.4) is 0 Å². The van der Waals surface area contributed by atoms with Crippen LogP contribution in [-0.2, 0) is 5.41 Å². The second-order valence-corrected chi connectivity index (χ2v) is 11.3. The van der Waals surface area contributed by atoms with Gasteiger partial charge in [-0.2, -0.15) is 0 Å². The van der Waals surface area contributed by atoms with Gasteiger partial charge in [-0.15, -0.1) is 0 Å². The van der Waals surface area contributed by atoms with Crippen LogP contribution in [0.4, 0.5) is 0 Å². The van der Waals surface area contributed by atoms with Gasteiger partial charge in [-0.3, -0.25) is 0 Å². The molecule has 0 aromatic heterocycles. The molecule has 0 radical (unpaired) electrons. The van der Waals surface area contributed by atoms with Crippen molar-refractivity contribution in [3.05, 3.63) is 145 Å². The molecule has 0 spiro atoms. The van der Waals surface area contributed by atoms with E-state index in [9.17, 15) is 0 Å². The quantitative estimate of drug-likeness (QED) is 0.209. The fourth-order valence-electron chi connectivity index (χ4n) is 7.11. The zero-order chi connectivity index (χ0) is 26.1. The van der Waals surface area contributed by atoms with Gasteiger partial charge < -0.3 is 0 Å². The minimum Gasteiger partial charge on any atom is -0.0622 e. The van der Waals surface area contributed by atoms with Crippen molar-refractivity contribution in [1.82, 2.24) is 0 Å². The topological polar surface area (TPSA) is 0 Å². The van der Waals surface area contributed by atoms with E-state index in [-0.39, 0.29) is 5.41 Å². The largest absolute Gasteiger partial charge is 0.0622 e. The highest BCUT2D eigenvalue weighted by Gasteiger charge is 2.37. The third-order valence-corrected chi connectivity index (χ3v) is 8.82. The minimum atomic E-state index is -0.0862. The van der Waals surface area contributed by atoms with E-state index in [1.165, 1.54) is 76.8 Å². The van der Waals surface area contributed by atoms with Crippen LogP contribution in [-0.4, -0.2) is 0 Å². The molecule has 7 aromatic carbocycles. The van der Waals surface area contributed by atoms with Crippen LogP contribution in [0.5, 0.6) is 0 Å². The van der Waals surface area contributed by atoms with Gasteiger partial charge in [0.15, 0.2) is 0 Å². The van der Waals surface area contributed by atoms with Crippen LogP contribution < -0.4 is 0 Å². The second-order valence-electron chi connectivity index (χ2n) is 11.3. The first kappa shape index (κ1) is 22.3. The molecule has 0 heteroatoms. The number of fused-ring (bicyclic) bond motifs is 7. The summed E-state index contributed by atoms with van der Waals surface area (Å²) >= 11 is 0. The molecule has 0 fully saturated rings. The molecule has 0 unspecified atom stereocenters. The van der Waals surface area contributed by atoms with Crippen molar-refractivity contribution < 1.29 is 0 Å². The van der Waals surface area contributed by atoms with Crippen molar-refractivity contribution in [1.29, 1.82) is 0 Å². The zero-order valence-corrected chi connectivity index (χ0v) is 22.2. The summed E-state index contributed by atoms with van der Waals surface area (Å²) < 4.78 is 0. The van der Waals surface area contributed by atoms with E-state index in [2.05, 4.69) is 147 Å². The van der Waals surface area contributed by atoms with Crippen molar-refractivity contribution in [2.75, 3.05) is 0 Å². The molecule has 0 amide bonds. The van der Waals surface area contributed by atoms with Gasteiger partial charge in [0.25, 0.3) is 0 Å². The molecule has 0 saturated carbocycles. The van der Waals surface area contributed by atoms with Gasteiger partial charge in [0.1, 0.15) is 0 Å². The van der Waals surface area contributed by atoms with Crippen molar-refractivity contribution in [3.8, 4) is 33.4 Å². The van der Waals surface area contributed by atoms with Crippen molar-refractivity contribution >= 4 is 32.3 Å². The molecule has 1 aliphatic carbocycles. The van der Waals surface area contributed by atoms with E-state index in [0.717, 1.165) is 0 Å². The molecule has 0 heterocycles. The van der Waals surface area contributed by atoms with E-state index in [1.807, 2.05) is 0 Å². The predicted octanol–water partition coefficient (Wildman–Crippen LogP) is 10.8. The molecule has 0 bridgehead atoms. The Bertz CT molecular complexity index is 2020. The van der Waals surface area contributed by atoms with Gasteiger partial charge in [-0.25, -0.2) is 0 Å². The van der Waals surface area contributed by atoms with Gasteiger partial charge in [0, 0.05) is 5.41 Å². The summed E-state index contributed by atoms with van der Waals surface area (Å²) in [5.41, 5.74) is 10.7. The molecule has 1 aliphatic rings. The van der Waals surface area contributed by atoms with E-state index in [1.54, 1.807) is 0 Å². The first-order chi connectivity index (χ1) is 19.1. The molecule has 0 N–H and O–H groups in total. The summed E-state index contributed by atoms with van der Waals surface area (Å²) in [5.74, 6) is 0. The highest BCUT2D eigenvalue weighted by molar-refractivity contribution is 6.21. The lowest BCUT2D eigenvalue weighted by molar-refractivity contribution is 0.666. The Labute approximate surface area is 229 Å². The maximum atomic E-state index is 2.47. The summed E-state index contributed by atoms with van der Waals surface area (Å²) in [7, 11) is 0. The molecule has 0 nitrogen and oxygen atoms in total. The Hall–Kier alpha value is -4.68. The third-order valence-electron chi connectivity index (χ3n) is 8.82. The Kier molecular flexibility index (Phi) is 4.67.